The largest absolute Gasteiger partial charge is 0.486 e. The van der Waals surface area contributed by atoms with Crippen molar-refractivity contribution in [3.63, 3.8) is 0 Å². The average molecular weight is 341 g/mol. The van der Waals surface area contributed by atoms with Gasteiger partial charge in [0.1, 0.15) is 18.2 Å². The lowest BCUT2D eigenvalue weighted by atomic mass is 10.2. The highest BCUT2D eigenvalue weighted by atomic mass is 16.5. The quantitative estimate of drug-likeness (QED) is 0.730. The minimum atomic E-state index is -0.222. The number of rotatable bonds is 6. The Kier molecular flexibility index (Phi) is 4.73. The Hall–Kier alpha value is -3.23. The first-order valence-electron chi connectivity index (χ1n) is 7.86. The lowest BCUT2D eigenvalue weighted by Crippen LogP contribution is -2.15. The van der Waals surface area contributed by atoms with Crippen molar-refractivity contribution in [3.8, 4) is 5.75 Å². The molecule has 0 radical (unpaired) electrons. The Morgan fingerprint density at radius 2 is 2.16 bits per heavy atom. The van der Waals surface area contributed by atoms with Crippen molar-refractivity contribution in [2.24, 2.45) is 7.05 Å². The maximum Gasteiger partial charge on any atom is 0.256 e. The number of amides is 1. The van der Waals surface area contributed by atoms with Gasteiger partial charge in [-0.2, -0.15) is 5.10 Å². The van der Waals surface area contributed by atoms with E-state index in [1.165, 1.54) is 4.68 Å². The number of hydrogen-bond acceptors (Lipinski definition) is 6. The fourth-order valence-corrected chi connectivity index (χ4v) is 2.32. The van der Waals surface area contributed by atoms with Crippen LogP contribution in [-0.4, -0.2) is 35.9 Å². The number of nitrogens with zero attached hydrogens (tertiary/aromatic N) is 6. The number of anilines is 1. The van der Waals surface area contributed by atoms with Gasteiger partial charge in [-0.3, -0.25) is 4.79 Å². The summed E-state index contributed by atoms with van der Waals surface area (Å²) >= 11 is 0. The summed E-state index contributed by atoms with van der Waals surface area (Å²) < 4.78 is 8.94. The molecule has 2 aromatic heterocycles. The molecule has 1 N–H and O–H groups in total. The van der Waals surface area contributed by atoms with Crippen LogP contribution in [-0.2, 0) is 20.2 Å². The van der Waals surface area contributed by atoms with E-state index in [4.69, 9.17) is 4.74 Å². The average Bonchev–Trinajstić information content (AvgIpc) is 3.18. The molecule has 0 aliphatic heterocycles. The Bertz CT molecular complexity index is 884. The van der Waals surface area contributed by atoms with Crippen molar-refractivity contribution < 1.29 is 9.53 Å². The number of hydrogen-bond donors (Lipinski definition) is 1. The van der Waals surface area contributed by atoms with E-state index in [1.54, 1.807) is 36.0 Å². The third kappa shape index (κ3) is 3.82. The van der Waals surface area contributed by atoms with E-state index >= 15 is 0 Å². The van der Waals surface area contributed by atoms with Gasteiger partial charge in [0.2, 0.25) is 0 Å². The van der Waals surface area contributed by atoms with E-state index in [0.29, 0.717) is 29.5 Å². The van der Waals surface area contributed by atoms with Gasteiger partial charge in [0.05, 0.1) is 5.69 Å². The number of aromatic nitrogens is 6. The van der Waals surface area contributed by atoms with Gasteiger partial charge in [0.15, 0.2) is 5.82 Å². The minimum absolute atomic E-state index is 0.219. The number of ether oxygens (including phenoxy) is 1. The summed E-state index contributed by atoms with van der Waals surface area (Å²) in [4.78, 5) is 12.5. The molecule has 2 heterocycles. The molecule has 9 heteroatoms. The van der Waals surface area contributed by atoms with Crippen molar-refractivity contribution >= 4 is 11.7 Å². The number of carbonyl (C=O) groups is 1. The van der Waals surface area contributed by atoms with Crippen LogP contribution >= 0.6 is 0 Å². The standard InChI is InChI=1S/C16H19N7O2/c1-4-23-14(8-11(2)19-23)17-16(24)12-6-5-7-13(9-12)25-10-15-18-20-21-22(15)3/h5-9H,4,10H2,1-3H3,(H,17,24). The molecule has 0 aliphatic carbocycles. The first-order valence-corrected chi connectivity index (χ1v) is 7.86. The van der Waals surface area contributed by atoms with Crippen LogP contribution in [0.25, 0.3) is 0 Å². The van der Waals surface area contributed by atoms with Gasteiger partial charge in [-0.15, -0.1) is 5.10 Å². The van der Waals surface area contributed by atoms with Crippen molar-refractivity contribution in [1.82, 2.24) is 30.0 Å². The summed E-state index contributed by atoms with van der Waals surface area (Å²) in [5.74, 6) is 1.61. The summed E-state index contributed by atoms with van der Waals surface area (Å²) in [6, 6.07) is 8.79. The molecule has 3 aromatic rings. The third-order valence-corrected chi connectivity index (χ3v) is 3.62. The van der Waals surface area contributed by atoms with Crippen LogP contribution in [0.1, 0.15) is 28.8 Å². The van der Waals surface area contributed by atoms with Crippen LogP contribution in [0, 0.1) is 6.92 Å². The smallest absolute Gasteiger partial charge is 0.256 e. The molecule has 9 nitrogen and oxygen atoms in total. The summed E-state index contributed by atoms with van der Waals surface area (Å²) in [6.45, 7) is 4.75. The lowest BCUT2D eigenvalue weighted by molar-refractivity contribution is 0.102. The molecule has 0 spiro atoms. The van der Waals surface area contributed by atoms with Gasteiger partial charge in [-0.25, -0.2) is 9.36 Å². The SMILES string of the molecule is CCn1nc(C)cc1NC(=O)c1cccc(OCc2nnnn2C)c1. The van der Waals surface area contributed by atoms with Gasteiger partial charge in [0, 0.05) is 25.2 Å². The fourth-order valence-electron chi connectivity index (χ4n) is 2.32. The van der Waals surface area contributed by atoms with Gasteiger partial charge in [-0.1, -0.05) is 6.07 Å². The zero-order chi connectivity index (χ0) is 17.8. The number of carbonyl (C=O) groups excluding carboxylic acids is 1. The number of benzene rings is 1. The summed E-state index contributed by atoms with van der Waals surface area (Å²) in [5, 5.41) is 18.3. The maximum atomic E-state index is 12.5. The van der Waals surface area contributed by atoms with Crippen molar-refractivity contribution in [2.75, 3.05) is 5.32 Å². The number of tetrazole rings is 1. The van der Waals surface area contributed by atoms with E-state index in [9.17, 15) is 4.79 Å². The van der Waals surface area contributed by atoms with Crippen LogP contribution < -0.4 is 10.1 Å². The molecule has 0 unspecified atom stereocenters. The fraction of sp³-hybridized carbons (Fsp3) is 0.312. The van der Waals surface area contributed by atoms with Gasteiger partial charge < -0.3 is 10.1 Å². The number of nitrogens with one attached hydrogen (secondary N) is 1. The second-order valence-corrected chi connectivity index (χ2v) is 5.48. The predicted octanol–water partition coefficient (Wildman–Crippen LogP) is 1.57. The lowest BCUT2D eigenvalue weighted by Gasteiger charge is -2.09. The highest BCUT2D eigenvalue weighted by Gasteiger charge is 2.12. The molecule has 3 rings (SSSR count). The molecule has 0 saturated carbocycles. The van der Waals surface area contributed by atoms with Gasteiger partial charge in [0.25, 0.3) is 5.91 Å². The monoisotopic (exact) mass is 341 g/mol. The third-order valence-electron chi connectivity index (χ3n) is 3.62. The van der Waals surface area contributed by atoms with Crippen molar-refractivity contribution in [3.05, 3.63) is 47.4 Å². The second-order valence-electron chi connectivity index (χ2n) is 5.48. The van der Waals surface area contributed by atoms with Crippen LogP contribution in [0.4, 0.5) is 5.82 Å². The molecule has 0 fully saturated rings. The van der Waals surface area contributed by atoms with Crippen LogP contribution in [0.3, 0.4) is 0 Å². The maximum absolute atomic E-state index is 12.5. The van der Waals surface area contributed by atoms with E-state index in [1.807, 2.05) is 19.9 Å². The van der Waals surface area contributed by atoms with E-state index in [2.05, 4.69) is 25.9 Å². The van der Waals surface area contributed by atoms with Crippen LogP contribution in [0.15, 0.2) is 30.3 Å². The van der Waals surface area contributed by atoms with Crippen molar-refractivity contribution in [2.45, 2.75) is 27.0 Å². The molecule has 130 valence electrons. The molecule has 0 aliphatic rings. The summed E-state index contributed by atoms with van der Waals surface area (Å²) in [7, 11) is 1.74. The zero-order valence-corrected chi connectivity index (χ0v) is 14.3. The second kappa shape index (κ2) is 7.12. The van der Waals surface area contributed by atoms with Gasteiger partial charge >= 0.3 is 0 Å². The molecule has 0 atom stereocenters. The molecule has 1 amide bonds. The highest BCUT2D eigenvalue weighted by Crippen LogP contribution is 2.17. The predicted molar refractivity (Wildman–Crippen MR) is 90.2 cm³/mol. The van der Waals surface area contributed by atoms with Crippen LogP contribution in [0.2, 0.25) is 0 Å². The Morgan fingerprint density at radius 1 is 1.32 bits per heavy atom. The highest BCUT2D eigenvalue weighted by molar-refractivity contribution is 6.04. The zero-order valence-electron chi connectivity index (χ0n) is 14.3. The Morgan fingerprint density at radius 3 is 2.88 bits per heavy atom. The van der Waals surface area contributed by atoms with Crippen molar-refractivity contribution in [1.29, 1.82) is 0 Å². The first-order chi connectivity index (χ1) is 12.1. The molecular formula is C16H19N7O2. The molecule has 25 heavy (non-hydrogen) atoms. The summed E-state index contributed by atoms with van der Waals surface area (Å²) in [5.41, 5.74) is 1.35. The molecule has 0 bridgehead atoms. The normalized spacial score (nSPS) is 10.7. The van der Waals surface area contributed by atoms with E-state index < -0.39 is 0 Å². The Balaban J connectivity index is 1.70. The summed E-state index contributed by atoms with van der Waals surface area (Å²) in [6.07, 6.45) is 0. The first kappa shape index (κ1) is 16.6. The number of aryl methyl sites for hydroxylation is 3. The molecule has 1 aromatic carbocycles. The minimum Gasteiger partial charge on any atom is -0.486 e. The van der Waals surface area contributed by atoms with Gasteiger partial charge in [-0.05, 0) is 42.5 Å². The van der Waals surface area contributed by atoms with Crippen LogP contribution in [0.5, 0.6) is 5.75 Å². The van der Waals surface area contributed by atoms with E-state index in [-0.39, 0.29) is 12.5 Å². The molecule has 0 saturated heterocycles. The Labute approximate surface area is 144 Å². The van der Waals surface area contributed by atoms with E-state index in [0.717, 1.165) is 5.69 Å². The topological polar surface area (TPSA) is 99.8 Å². The molecular weight excluding hydrogens is 322 g/mol.